The van der Waals surface area contributed by atoms with Crippen molar-refractivity contribution in [1.29, 1.82) is 0 Å². The van der Waals surface area contributed by atoms with Crippen LogP contribution in [0.2, 0.25) is 0 Å². The lowest BCUT2D eigenvalue weighted by atomic mass is 9.63. The van der Waals surface area contributed by atoms with E-state index in [1.807, 2.05) is 6.33 Å². The van der Waals surface area contributed by atoms with Crippen molar-refractivity contribution in [3.63, 3.8) is 0 Å². The third-order valence-electron chi connectivity index (χ3n) is 6.85. The lowest BCUT2D eigenvalue weighted by molar-refractivity contribution is 0.130. The second-order valence-corrected chi connectivity index (χ2v) is 8.00. The Bertz CT molecular complexity index is 937. The highest BCUT2D eigenvalue weighted by Crippen LogP contribution is 2.60. The zero-order valence-corrected chi connectivity index (χ0v) is 14.8. The maximum Gasteiger partial charge on any atom is 0.163 e. The van der Waals surface area contributed by atoms with Crippen molar-refractivity contribution in [3.8, 4) is 0 Å². The average molecular weight is 342 g/mol. The molecule has 130 valence electrons. The van der Waals surface area contributed by atoms with E-state index in [1.54, 1.807) is 5.57 Å². The number of hydrogen-bond donors (Lipinski definition) is 1. The number of nitrogens with one attached hydrogen (secondary N) is 1. The average Bonchev–Trinajstić information content (AvgIpc) is 3.31. The van der Waals surface area contributed by atoms with Gasteiger partial charge in [0.15, 0.2) is 5.82 Å². The highest BCUT2D eigenvalue weighted by atomic mass is 15.3. The molecule has 6 rings (SSSR count). The van der Waals surface area contributed by atoms with Crippen LogP contribution in [0.25, 0.3) is 5.57 Å². The van der Waals surface area contributed by atoms with E-state index < -0.39 is 0 Å². The van der Waals surface area contributed by atoms with Gasteiger partial charge in [-0.15, -0.1) is 10.2 Å². The standard InChI is InChI=1S/C22H22N4/c1-4-8-18-15(5-1)11-20(26-14-24-25-21(18)26)22-9-10-23-13-19(22)17-7-3-2-6-16(17)12-22/h2-4,6-8,14,19-20,23H,1,5,9-11,13H2. The van der Waals surface area contributed by atoms with Crippen LogP contribution in [0.15, 0.2) is 48.3 Å². The van der Waals surface area contributed by atoms with Gasteiger partial charge in [-0.1, -0.05) is 42.0 Å². The molecule has 3 heterocycles. The fourth-order valence-electron chi connectivity index (χ4n) is 5.66. The molecule has 2 aliphatic carbocycles. The Morgan fingerprint density at radius 3 is 3.23 bits per heavy atom. The molecule has 4 aliphatic rings. The molecule has 1 aromatic carbocycles. The molecule has 3 atom stereocenters. The summed E-state index contributed by atoms with van der Waals surface area (Å²) in [5.74, 6) is 1.53. The largest absolute Gasteiger partial charge is 0.316 e. The van der Waals surface area contributed by atoms with Crippen LogP contribution in [0.4, 0.5) is 0 Å². The molecule has 0 saturated carbocycles. The molecule has 1 N–H and O–H groups in total. The van der Waals surface area contributed by atoms with Crippen LogP contribution in [0.3, 0.4) is 0 Å². The van der Waals surface area contributed by atoms with Gasteiger partial charge in [-0.2, -0.15) is 0 Å². The SMILES string of the molecule is [C]1c2ccccc2C2CNCCC12C1CC2=C(C=CCC2)c2nncn21. The van der Waals surface area contributed by atoms with Gasteiger partial charge in [0.1, 0.15) is 6.33 Å². The van der Waals surface area contributed by atoms with Crippen LogP contribution >= 0.6 is 0 Å². The molecule has 2 radical (unpaired) electrons. The third kappa shape index (κ3) is 1.88. The number of aromatic nitrogens is 3. The topological polar surface area (TPSA) is 42.7 Å². The molecule has 2 aliphatic heterocycles. The van der Waals surface area contributed by atoms with Crippen LogP contribution < -0.4 is 5.32 Å². The summed E-state index contributed by atoms with van der Waals surface area (Å²) in [6, 6.07) is 9.20. The smallest absolute Gasteiger partial charge is 0.163 e. The first-order valence-electron chi connectivity index (χ1n) is 9.73. The van der Waals surface area contributed by atoms with Crippen LogP contribution in [0.1, 0.15) is 54.6 Å². The van der Waals surface area contributed by atoms with Gasteiger partial charge >= 0.3 is 0 Å². The number of rotatable bonds is 1. The van der Waals surface area contributed by atoms with Crippen LogP contribution in [-0.4, -0.2) is 27.9 Å². The first-order valence-corrected chi connectivity index (χ1v) is 9.73. The molecule has 1 aromatic heterocycles. The summed E-state index contributed by atoms with van der Waals surface area (Å²) in [6.07, 6.45) is 15.0. The first kappa shape index (κ1) is 14.9. The molecule has 4 nitrogen and oxygen atoms in total. The fourth-order valence-corrected chi connectivity index (χ4v) is 5.66. The molecule has 4 heteroatoms. The van der Waals surface area contributed by atoms with E-state index >= 15 is 0 Å². The number of hydrogen-bond acceptors (Lipinski definition) is 3. The molecule has 26 heavy (non-hydrogen) atoms. The number of allylic oxidation sites excluding steroid dienone is 4. The summed E-state index contributed by atoms with van der Waals surface area (Å²) < 4.78 is 2.35. The number of nitrogens with zero attached hydrogens (tertiary/aromatic N) is 3. The minimum absolute atomic E-state index is 0.0335. The van der Waals surface area contributed by atoms with Crippen molar-refractivity contribution in [2.24, 2.45) is 5.41 Å². The normalized spacial score (nSPS) is 32.0. The van der Waals surface area contributed by atoms with E-state index in [4.69, 9.17) is 0 Å². The zero-order valence-electron chi connectivity index (χ0n) is 14.8. The van der Waals surface area contributed by atoms with E-state index in [1.165, 1.54) is 16.7 Å². The predicted molar refractivity (Wildman–Crippen MR) is 100 cm³/mol. The van der Waals surface area contributed by atoms with Crippen LogP contribution in [-0.2, 0) is 0 Å². The third-order valence-corrected chi connectivity index (χ3v) is 6.85. The van der Waals surface area contributed by atoms with Gasteiger partial charge in [0.05, 0.1) is 0 Å². The molecule has 2 aromatic rings. The molecular formula is C22H22N4. The van der Waals surface area contributed by atoms with E-state index in [-0.39, 0.29) is 5.41 Å². The Kier molecular flexibility index (Phi) is 3.10. The van der Waals surface area contributed by atoms with Crippen molar-refractivity contribution < 1.29 is 0 Å². The number of piperidine rings is 1. The van der Waals surface area contributed by atoms with Gasteiger partial charge < -0.3 is 9.88 Å². The van der Waals surface area contributed by atoms with E-state index in [0.29, 0.717) is 12.0 Å². The van der Waals surface area contributed by atoms with Crippen molar-refractivity contribution in [3.05, 3.63) is 71.7 Å². The van der Waals surface area contributed by atoms with E-state index in [2.05, 4.69) is 62.9 Å². The molecule has 1 saturated heterocycles. The maximum atomic E-state index is 4.51. The highest BCUT2D eigenvalue weighted by Gasteiger charge is 2.54. The summed E-state index contributed by atoms with van der Waals surface area (Å²) in [6.45, 7) is 2.08. The predicted octanol–water partition coefficient (Wildman–Crippen LogP) is 3.53. The van der Waals surface area contributed by atoms with Gasteiger partial charge in [0.25, 0.3) is 0 Å². The minimum atomic E-state index is 0.0335. The monoisotopic (exact) mass is 342 g/mol. The quantitative estimate of drug-likeness (QED) is 0.862. The Morgan fingerprint density at radius 1 is 1.27 bits per heavy atom. The van der Waals surface area contributed by atoms with Crippen LogP contribution in [0, 0.1) is 11.8 Å². The van der Waals surface area contributed by atoms with Gasteiger partial charge in [0.2, 0.25) is 0 Å². The highest BCUT2D eigenvalue weighted by molar-refractivity contribution is 5.75. The Morgan fingerprint density at radius 2 is 2.23 bits per heavy atom. The van der Waals surface area contributed by atoms with Gasteiger partial charge in [-0.3, -0.25) is 0 Å². The second kappa shape index (κ2) is 5.40. The van der Waals surface area contributed by atoms with Gasteiger partial charge in [-0.25, -0.2) is 0 Å². The molecule has 1 fully saturated rings. The van der Waals surface area contributed by atoms with Crippen LogP contribution in [0.5, 0.6) is 0 Å². The van der Waals surface area contributed by atoms with Crippen molar-refractivity contribution in [2.75, 3.05) is 13.1 Å². The fraction of sp³-hybridized carbons (Fsp3) is 0.409. The molecule has 0 bridgehead atoms. The van der Waals surface area contributed by atoms with E-state index in [9.17, 15) is 0 Å². The number of benzene rings is 1. The Hall–Kier alpha value is -2.20. The summed E-state index contributed by atoms with van der Waals surface area (Å²) in [5.41, 5.74) is 5.66. The molecule has 0 amide bonds. The summed E-state index contributed by atoms with van der Waals surface area (Å²) in [7, 11) is 0. The second-order valence-electron chi connectivity index (χ2n) is 8.00. The zero-order chi connectivity index (χ0) is 17.1. The Labute approximate surface area is 154 Å². The summed E-state index contributed by atoms with van der Waals surface area (Å²) in [4.78, 5) is 0. The van der Waals surface area contributed by atoms with Crippen molar-refractivity contribution >= 4 is 5.57 Å². The molecular weight excluding hydrogens is 320 g/mol. The number of fused-ring (bicyclic) bond motifs is 5. The Balaban J connectivity index is 1.51. The minimum Gasteiger partial charge on any atom is -0.316 e. The lowest BCUT2D eigenvalue weighted by Crippen LogP contribution is -2.47. The van der Waals surface area contributed by atoms with Gasteiger partial charge in [-0.05, 0) is 43.4 Å². The van der Waals surface area contributed by atoms with E-state index in [0.717, 1.165) is 44.6 Å². The van der Waals surface area contributed by atoms with Gasteiger partial charge in [0, 0.05) is 35.9 Å². The summed E-state index contributed by atoms with van der Waals surface area (Å²) >= 11 is 0. The first-order chi connectivity index (χ1) is 12.9. The molecule has 0 spiro atoms. The molecule has 3 unspecified atom stereocenters. The lowest BCUT2D eigenvalue weighted by Gasteiger charge is -2.48. The van der Waals surface area contributed by atoms with Crippen molar-refractivity contribution in [2.45, 2.75) is 37.6 Å². The maximum absolute atomic E-state index is 4.51. The van der Waals surface area contributed by atoms with Crippen molar-refractivity contribution in [1.82, 2.24) is 20.1 Å². The summed E-state index contributed by atoms with van der Waals surface area (Å²) in [5, 5.41) is 12.4.